The predicted octanol–water partition coefficient (Wildman–Crippen LogP) is 1.99. The minimum atomic E-state index is 0.526. The fourth-order valence-corrected chi connectivity index (χ4v) is 1.31. The Morgan fingerprint density at radius 2 is 1.75 bits per heavy atom. The van der Waals surface area contributed by atoms with E-state index in [-0.39, 0.29) is 0 Å². The normalized spacial score (nSPS) is 19.2. The third-order valence-corrected chi connectivity index (χ3v) is 2.22. The van der Waals surface area contributed by atoms with Crippen molar-refractivity contribution in [2.24, 2.45) is 11.8 Å². The SMILES string of the molecule is CC(C)C#CC1CN(C(C)C)C1. The Hall–Kier alpha value is -0.480. The second-order valence-corrected chi connectivity index (χ2v) is 4.19. The van der Waals surface area contributed by atoms with Crippen LogP contribution >= 0.6 is 0 Å². The van der Waals surface area contributed by atoms with Gasteiger partial charge in [0.1, 0.15) is 0 Å². The van der Waals surface area contributed by atoms with Gasteiger partial charge in [-0.1, -0.05) is 19.8 Å². The average molecular weight is 165 g/mol. The Bertz CT molecular complexity index is 189. The quantitative estimate of drug-likeness (QED) is 0.537. The molecule has 12 heavy (non-hydrogen) atoms. The van der Waals surface area contributed by atoms with Crippen LogP contribution < -0.4 is 0 Å². The molecule has 0 aromatic heterocycles. The van der Waals surface area contributed by atoms with Crippen LogP contribution in [0.3, 0.4) is 0 Å². The second-order valence-electron chi connectivity index (χ2n) is 4.19. The fourth-order valence-electron chi connectivity index (χ4n) is 1.31. The summed E-state index contributed by atoms with van der Waals surface area (Å²) in [4.78, 5) is 2.46. The Kier molecular flexibility index (Phi) is 3.17. The molecule has 0 aliphatic carbocycles. The summed E-state index contributed by atoms with van der Waals surface area (Å²) < 4.78 is 0. The van der Waals surface area contributed by atoms with E-state index in [0.29, 0.717) is 17.9 Å². The maximum absolute atomic E-state index is 3.31. The number of rotatable bonds is 1. The van der Waals surface area contributed by atoms with E-state index < -0.39 is 0 Å². The third-order valence-electron chi connectivity index (χ3n) is 2.22. The van der Waals surface area contributed by atoms with E-state index in [0.717, 1.165) is 0 Å². The summed E-state index contributed by atoms with van der Waals surface area (Å²) >= 11 is 0. The zero-order chi connectivity index (χ0) is 9.14. The van der Waals surface area contributed by atoms with Crippen molar-refractivity contribution in [2.75, 3.05) is 13.1 Å². The van der Waals surface area contributed by atoms with Gasteiger partial charge in [-0.15, -0.1) is 5.92 Å². The van der Waals surface area contributed by atoms with Crippen LogP contribution in [0.4, 0.5) is 0 Å². The Balaban J connectivity index is 2.23. The van der Waals surface area contributed by atoms with Gasteiger partial charge < -0.3 is 0 Å². The van der Waals surface area contributed by atoms with Gasteiger partial charge >= 0.3 is 0 Å². The maximum Gasteiger partial charge on any atom is 0.0457 e. The first-order chi connectivity index (χ1) is 5.59. The van der Waals surface area contributed by atoms with E-state index in [2.05, 4.69) is 44.4 Å². The summed E-state index contributed by atoms with van der Waals surface area (Å²) in [5.41, 5.74) is 0. The van der Waals surface area contributed by atoms with Crippen molar-refractivity contribution in [2.45, 2.75) is 33.7 Å². The van der Waals surface area contributed by atoms with Crippen LogP contribution in [0.2, 0.25) is 0 Å². The molecule has 1 fully saturated rings. The van der Waals surface area contributed by atoms with Gasteiger partial charge in [-0.2, -0.15) is 0 Å². The number of hydrogen-bond donors (Lipinski definition) is 0. The van der Waals surface area contributed by atoms with Crippen molar-refractivity contribution in [1.29, 1.82) is 0 Å². The molecule has 0 spiro atoms. The summed E-state index contributed by atoms with van der Waals surface area (Å²) in [6.45, 7) is 11.1. The minimum Gasteiger partial charge on any atom is -0.298 e. The first-order valence-corrected chi connectivity index (χ1v) is 4.84. The van der Waals surface area contributed by atoms with Crippen molar-refractivity contribution in [3.63, 3.8) is 0 Å². The molecule has 1 heteroatoms. The molecular weight excluding hydrogens is 146 g/mol. The molecule has 0 aromatic rings. The van der Waals surface area contributed by atoms with Gasteiger partial charge in [-0.25, -0.2) is 0 Å². The molecule has 1 heterocycles. The topological polar surface area (TPSA) is 3.24 Å². The molecule has 1 rings (SSSR count). The zero-order valence-electron chi connectivity index (χ0n) is 8.59. The summed E-state index contributed by atoms with van der Waals surface area (Å²) in [6, 6.07) is 0.696. The van der Waals surface area contributed by atoms with Gasteiger partial charge in [0.2, 0.25) is 0 Å². The molecule has 1 nitrogen and oxygen atoms in total. The first-order valence-electron chi connectivity index (χ1n) is 4.84. The van der Waals surface area contributed by atoms with Gasteiger partial charge in [-0.3, -0.25) is 4.90 Å². The summed E-state index contributed by atoms with van der Waals surface area (Å²) in [7, 11) is 0. The second kappa shape index (κ2) is 3.96. The Labute approximate surface area is 76.1 Å². The standard InChI is InChI=1S/C11H19N/c1-9(2)5-6-11-7-12(8-11)10(3)4/h9-11H,7-8H2,1-4H3. The summed E-state index contributed by atoms with van der Waals surface area (Å²) in [5, 5.41) is 0. The van der Waals surface area contributed by atoms with E-state index in [1.165, 1.54) is 13.1 Å². The molecule has 1 saturated heterocycles. The molecule has 0 amide bonds. The number of likely N-dealkylation sites (tertiary alicyclic amines) is 1. The highest BCUT2D eigenvalue weighted by atomic mass is 15.2. The zero-order valence-corrected chi connectivity index (χ0v) is 8.59. The lowest BCUT2D eigenvalue weighted by Gasteiger charge is -2.39. The fraction of sp³-hybridized carbons (Fsp3) is 0.818. The molecule has 1 aliphatic heterocycles. The highest BCUT2D eigenvalue weighted by Crippen LogP contribution is 2.17. The molecule has 0 radical (unpaired) electrons. The van der Waals surface area contributed by atoms with E-state index in [1.54, 1.807) is 0 Å². The van der Waals surface area contributed by atoms with Gasteiger partial charge in [0.25, 0.3) is 0 Å². The highest BCUT2D eigenvalue weighted by Gasteiger charge is 2.26. The lowest BCUT2D eigenvalue weighted by Crippen LogP contribution is -2.49. The van der Waals surface area contributed by atoms with Crippen LogP contribution in [0.1, 0.15) is 27.7 Å². The summed E-state index contributed by atoms with van der Waals surface area (Å²) in [5.74, 6) is 7.72. The molecule has 0 atom stereocenters. The lowest BCUT2D eigenvalue weighted by molar-refractivity contribution is 0.0990. The number of hydrogen-bond acceptors (Lipinski definition) is 1. The van der Waals surface area contributed by atoms with Crippen LogP contribution in [-0.2, 0) is 0 Å². The third kappa shape index (κ3) is 2.53. The van der Waals surface area contributed by atoms with E-state index in [4.69, 9.17) is 0 Å². The van der Waals surface area contributed by atoms with Gasteiger partial charge in [0.05, 0.1) is 0 Å². The smallest absolute Gasteiger partial charge is 0.0457 e. The molecule has 0 unspecified atom stereocenters. The van der Waals surface area contributed by atoms with Crippen molar-refractivity contribution in [3.05, 3.63) is 0 Å². The van der Waals surface area contributed by atoms with Crippen LogP contribution in [0.15, 0.2) is 0 Å². The van der Waals surface area contributed by atoms with Crippen LogP contribution in [0.5, 0.6) is 0 Å². The Morgan fingerprint density at radius 1 is 1.17 bits per heavy atom. The van der Waals surface area contributed by atoms with Crippen molar-refractivity contribution >= 4 is 0 Å². The summed E-state index contributed by atoms with van der Waals surface area (Å²) in [6.07, 6.45) is 0. The van der Waals surface area contributed by atoms with Gasteiger partial charge in [0.15, 0.2) is 0 Å². The van der Waals surface area contributed by atoms with Crippen LogP contribution in [0, 0.1) is 23.7 Å². The van der Waals surface area contributed by atoms with Crippen LogP contribution in [0.25, 0.3) is 0 Å². The molecule has 0 N–H and O–H groups in total. The minimum absolute atomic E-state index is 0.526. The average Bonchev–Trinajstić information content (AvgIpc) is 1.82. The maximum atomic E-state index is 3.31. The van der Waals surface area contributed by atoms with Crippen molar-refractivity contribution in [1.82, 2.24) is 4.90 Å². The van der Waals surface area contributed by atoms with Crippen molar-refractivity contribution < 1.29 is 0 Å². The largest absolute Gasteiger partial charge is 0.298 e. The molecular formula is C11H19N. The molecule has 1 aliphatic rings. The van der Waals surface area contributed by atoms with E-state index in [1.807, 2.05) is 0 Å². The molecule has 0 saturated carbocycles. The van der Waals surface area contributed by atoms with E-state index in [9.17, 15) is 0 Å². The monoisotopic (exact) mass is 165 g/mol. The molecule has 0 bridgehead atoms. The van der Waals surface area contributed by atoms with E-state index >= 15 is 0 Å². The predicted molar refractivity (Wildman–Crippen MR) is 52.8 cm³/mol. The lowest BCUT2D eigenvalue weighted by atomic mass is 9.98. The van der Waals surface area contributed by atoms with Gasteiger partial charge in [0, 0.05) is 31.0 Å². The van der Waals surface area contributed by atoms with Crippen LogP contribution in [-0.4, -0.2) is 24.0 Å². The molecule has 68 valence electrons. The molecule has 0 aromatic carbocycles. The Morgan fingerprint density at radius 3 is 2.17 bits per heavy atom. The number of nitrogens with zero attached hydrogens (tertiary/aromatic N) is 1. The first kappa shape index (κ1) is 9.61. The van der Waals surface area contributed by atoms with Gasteiger partial charge in [-0.05, 0) is 13.8 Å². The van der Waals surface area contributed by atoms with Crippen molar-refractivity contribution in [3.8, 4) is 11.8 Å². The highest BCUT2D eigenvalue weighted by molar-refractivity contribution is 5.10.